The van der Waals surface area contributed by atoms with Gasteiger partial charge in [-0.3, -0.25) is 4.72 Å². The van der Waals surface area contributed by atoms with E-state index in [2.05, 4.69) is 20.7 Å². The summed E-state index contributed by atoms with van der Waals surface area (Å²) in [6, 6.07) is 16.7. The van der Waals surface area contributed by atoms with Crippen molar-refractivity contribution in [3.05, 3.63) is 88.6 Å². The molecule has 0 saturated carbocycles. The number of halogens is 1. The second-order valence-corrected chi connectivity index (χ2v) is 11.9. The number of fused-ring (bicyclic) bond motifs is 2. The lowest BCUT2D eigenvalue weighted by atomic mass is 9.84. The molecule has 1 saturated heterocycles. The summed E-state index contributed by atoms with van der Waals surface area (Å²) in [5.41, 5.74) is 3.33. The Morgan fingerprint density at radius 3 is 2.62 bits per heavy atom. The summed E-state index contributed by atoms with van der Waals surface area (Å²) in [6.45, 7) is 2.45. The summed E-state index contributed by atoms with van der Waals surface area (Å²) >= 11 is 6.01. The number of aliphatic hydroxyl groups is 1. The van der Waals surface area contributed by atoms with Gasteiger partial charge < -0.3 is 14.7 Å². The van der Waals surface area contributed by atoms with Gasteiger partial charge in [-0.25, -0.2) is 13.4 Å². The van der Waals surface area contributed by atoms with Gasteiger partial charge in [0.25, 0.3) is 0 Å². The summed E-state index contributed by atoms with van der Waals surface area (Å²) in [4.78, 5) is 6.80. The van der Waals surface area contributed by atoms with Crippen LogP contribution in [0.4, 0.5) is 5.69 Å². The third-order valence-electron chi connectivity index (χ3n) is 7.02. The number of allylic oxidation sites excluding steroid dienone is 1. The molecular weight excluding hydrogens is 510 g/mol. The van der Waals surface area contributed by atoms with E-state index >= 15 is 0 Å². The van der Waals surface area contributed by atoms with E-state index in [0.29, 0.717) is 41.6 Å². The van der Waals surface area contributed by atoms with Crippen LogP contribution < -0.4 is 9.46 Å². The number of pyridine rings is 1. The molecular formula is C28H30ClN3O4S. The minimum atomic E-state index is -3.45. The van der Waals surface area contributed by atoms with Crippen molar-refractivity contribution < 1.29 is 18.3 Å². The topological polar surface area (TPSA) is 91.8 Å². The fourth-order valence-corrected chi connectivity index (χ4v) is 5.76. The van der Waals surface area contributed by atoms with Crippen molar-refractivity contribution >= 4 is 32.9 Å². The van der Waals surface area contributed by atoms with Crippen LogP contribution in [0.25, 0.3) is 5.57 Å². The average molecular weight is 540 g/mol. The Kier molecular flexibility index (Phi) is 7.27. The first kappa shape index (κ1) is 25.7. The Bertz CT molecular complexity index is 1420. The number of rotatable bonds is 6. The molecule has 37 heavy (non-hydrogen) atoms. The zero-order valence-electron chi connectivity index (χ0n) is 20.7. The maximum Gasteiger partial charge on any atom is 0.229 e. The van der Waals surface area contributed by atoms with E-state index in [1.54, 1.807) is 18.3 Å². The Morgan fingerprint density at radius 2 is 1.89 bits per heavy atom. The van der Waals surface area contributed by atoms with Crippen molar-refractivity contribution in [2.24, 2.45) is 0 Å². The number of benzene rings is 2. The van der Waals surface area contributed by atoms with E-state index in [9.17, 15) is 13.5 Å². The summed E-state index contributed by atoms with van der Waals surface area (Å²) in [5.74, 6) is 1.10. The molecule has 0 atom stereocenters. The molecule has 2 aliphatic rings. The molecule has 5 rings (SSSR count). The first-order valence-corrected chi connectivity index (χ1v) is 14.6. The maximum atomic E-state index is 12.0. The highest BCUT2D eigenvalue weighted by Gasteiger charge is 2.33. The van der Waals surface area contributed by atoms with E-state index in [1.807, 2.05) is 42.5 Å². The smallest absolute Gasteiger partial charge is 0.229 e. The van der Waals surface area contributed by atoms with E-state index in [0.717, 1.165) is 54.6 Å². The third-order valence-corrected chi connectivity index (χ3v) is 7.86. The summed E-state index contributed by atoms with van der Waals surface area (Å²) in [5, 5.41) is 11.8. The van der Waals surface area contributed by atoms with Crippen LogP contribution in [-0.2, 0) is 22.0 Å². The van der Waals surface area contributed by atoms with Gasteiger partial charge in [0.2, 0.25) is 15.9 Å². The van der Waals surface area contributed by atoms with E-state index in [4.69, 9.17) is 16.3 Å². The SMILES string of the molecule is CS(=O)(=O)Nc1cccc2c1CC(=CCCN1CCC(O)(c3ccc(Cl)cc3)CC1)c1cccnc1O2. The first-order valence-electron chi connectivity index (χ1n) is 12.3. The lowest BCUT2D eigenvalue weighted by molar-refractivity contribution is -0.0254. The van der Waals surface area contributed by atoms with Gasteiger partial charge in [0, 0.05) is 48.4 Å². The predicted molar refractivity (Wildman–Crippen MR) is 147 cm³/mol. The molecule has 2 aliphatic heterocycles. The van der Waals surface area contributed by atoms with Crippen molar-refractivity contribution in [2.75, 3.05) is 30.6 Å². The maximum absolute atomic E-state index is 12.0. The summed E-state index contributed by atoms with van der Waals surface area (Å²) in [6.07, 6.45) is 7.68. The molecule has 9 heteroatoms. The average Bonchev–Trinajstić information content (AvgIpc) is 3.02. The second kappa shape index (κ2) is 10.5. The predicted octanol–water partition coefficient (Wildman–Crippen LogP) is 5.21. The number of anilines is 1. The zero-order valence-corrected chi connectivity index (χ0v) is 22.2. The summed E-state index contributed by atoms with van der Waals surface area (Å²) in [7, 11) is -3.45. The van der Waals surface area contributed by atoms with Crippen molar-refractivity contribution in [3.63, 3.8) is 0 Å². The van der Waals surface area contributed by atoms with Crippen LogP contribution in [0.2, 0.25) is 5.02 Å². The van der Waals surface area contributed by atoms with Crippen molar-refractivity contribution in [3.8, 4) is 11.6 Å². The standard InChI is InChI=1S/C28H30ClN3O4S/c1-37(34,35)31-25-7-2-8-26-24(25)19-20(23-6-3-15-30-27(23)36-26)5-4-16-32-17-13-28(33,14-18-32)21-9-11-22(29)12-10-21/h2-3,5-12,15,31,33H,4,13-14,16-19H2,1H3. The molecule has 0 bridgehead atoms. The lowest BCUT2D eigenvalue weighted by Crippen LogP contribution is -2.42. The first-order chi connectivity index (χ1) is 17.7. The number of hydrogen-bond acceptors (Lipinski definition) is 6. The summed E-state index contributed by atoms with van der Waals surface area (Å²) < 4.78 is 32.7. The molecule has 0 radical (unpaired) electrons. The van der Waals surface area contributed by atoms with Crippen molar-refractivity contribution in [1.29, 1.82) is 0 Å². The number of hydrogen-bond donors (Lipinski definition) is 2. The fraction of sp³-hybridized carbons (Fsp3) is 0.321. The molecule has 3 heterocycles. The minimum Gasteiger partial charge on any atom is -0.438 e. The van der Waals surface area contributed by atoms with Gasteiger partial charge in [-0.05, 0) is 66.8 Å². The molecule has 0 spiro atoms. The van der Waals surface area contributed by atoms with E-state index < -0.39 is 15.6 Å². The van der Waals surface area contributed by atoms with Gasteiger partial charge in [-0.2, -0.15) is 0 Å². The second-order valence-electron chi connectivity index (χ2n) is 9.69. The Hall–Kier alpha value is -2.91. The molecule has 3 aromatic rings. The van der Waals surface area contributed by atoms with Crippen LogP contribution in [0.1, 0.15) is 36.0 Å². The molecule has 194 valence electrons. The number of sulfonamides is 1. The van der Waals surface area contributed by atoms with E-state index in [-0.39, 0.29) is 0 Å². The Balaban J connectivity index is 1.31. The molecule has 0 unspecified atom stereocenters. The van der Waals surface area contributed by atoms with Gasteiger partial charge >= 0.3 is 0 Å². The Morgan fingerprint density at radius 1 is 1.14 bits per heavy atom. The van der Waals surface area contributed by atoms with Crippen LogP contribution in [0.5, 0.6) is 11.6 Å². The monoisotopic (exact) mass is 539 g/mol. The lowest BCUT2D eigenvalue weighted by Gasteiger charge is -2.38. The molecule has 1 aromatic heterocycles. The number of likely N-dealkylation sites (tertiary alicyclic amines) is 1. The minimum absolute atomic E-state index is 0.509. The highest BCUT2D eigenvalue weighted by molar-refractivity contribution is 7.92. The van der Waals surface area contributed by atoms with Gasteiger partial charge in [0.15, 0.2) is 0 Å². The zero-order chi connectivity index (χ0) is 26.0. The van der Waals surface area contributed by atoms with Crippen LogP contribution in [0, 0.1) is 0 Å². The van der Waals surface area contributed by atoms with Crippen molar-refractivity contribution in [1.82, 2.24) is 9.88 Å². The molecule has 1 fully saturated rings. The quantitative estimate of drug-likeness (QED) is 0.446. The van der Waals surface area contributed by atoms with Crippen LogP contribution in [0.15, 0.2) is 66.9 Å². The molecule has 2 aromatic carbocycles. The van der Waals surface area contributed by atoms with Crippen molar-refractivity contribution in [2.45, 2.75) is 31.3 Å². The van der Waals surface area contributed by atoms with E-state index in [1.165, 1.54) is 0 Å². The van der Waals surface area contributed by atoms with Gasteiger partial charge in [0.1, 0.15) is 5.75 Å². The molecule has 0 aliphatic carbocycles. The number of nitrogens with zero attached hydrogens (tertiary/aromatic N) is 2. The van der Waals surface area contributed by atoms with Crippen LogP contribution in [-0.4, -0.2) is 49.3 Å². The third kappa shape index (κ3) is 5.99. The van der Waals surface area contributed by atoms with Gasteiger partial charge in [-0.1, -0.05) is 35.9 Å². The Labute approximate surface area is 222 Å². The van der Waals surface area contributed by atoms with Crippen LogP contribution >= 0.6 is 11.6 Å². The number of nitrogens with one attached hydrogen (secondary N) is 1. The van der Waals surface area contributed by atoms with Gasteiger partial charge in [-0.15, -0.1) is 0 Å². The van der Waals surface area contributed by atoms with Gasteiger partial charge in [0.05, 0.1) is 17.5 Å². The molecule has 7 nitrogen and oxygen atoms in total. The highest BCUT2D eigenvalue weighted by atomic mass is 35.5. The number of piperidine rings is 1. The largest absolute Gasteiger partial charge is 0.438 e. The highest BCUT2D eigenvalue weighted by Crippen LogP contribution is 2.41. The number of ether oxygens (including phenoxy) is 1. The van der Waals surface area contributed by atoms with Crippen LogP contribution in [0.3, 0.4) is 0 Å². The number of aromatic nitrogens is 1. The molecule has 2 N–H and O–H groups in total. The normalized spacial score (nSPS) is 18.4. The molecule has 0 amide bonds. The fourth-order valence-electron chi connectivity index (χ4n) is 5.04.